The number of hydrogen-bond donors (Lipinski definition) is 0. The molecule has 0 aliphatic carbocycles. The molecule has 0 aromatic heterocycles. The molecule has 0 aromatic carbocycles. The van der Waals surface area contributed by atoms with Crippen LogP contribution in [-0.2, 0) is 9.47 Å². The molecular weight excluding hydrogens is 167 g/mol. The van der Waals surface area contributed by atoms with Gasteiger partial charge in [0.15, 0.2) is 6.29 Å². The Hall–Kier alpha value is 0.0125. The summed E-state index contributed by atoms with van der Waals surface area (Å²) < 4.78 is 9.91. The van der Waals surface area contributed by atoms with Gasteiger partial charge < -0.3 is 36.7 Å². The predicted molar refractivity (Wildman–Crippen MR) is 52.8 cm³/mol. The van der Waals surface area contributed by atoms with E-state index in [1.54, 1.807) is 6.92 Å². The fourth-order valence-corrected chi connectivity index (χ4v) is 0.442. The minimum atomic E-state index is -0.215. The Morgan fingerprint density at radius 2 is 1.83 bits per heavy atom. The first-order chi connectivity index (χ1) is 4.31. The van der Waals surface area contributed by atoms with Crippen molar-refractivity contribution in [2.45, 2.75) is 20.1 Å². The normalized spacial score (nSPS) is 9.42. The molecule has 0 radical (unpaired) electrons. The average Bonchev–Trinajstić information content (AvgIpc) is 1.85. The third-order valence-corrected chi connectivity index (χ3v) is 0.792. The minimum absolute atomic E-state index is 0. The molecule has 0 saturated carbocycles. The van der Waals surface area contributed by atoms with E-state index in [-0.39, 0.29) is 45.1 Å². The van der Waals surface area contributed by atoms with Crippen molar-refractivity contribution >= 4 is 17.4 Å². The van der Waals surface area contributed by atoms with Crippen LogP contribution >= 0.6 is 0 Å². The molecule has 0 spiro atoms. The third kappa shape index (κ3) is 16.5. The van der Waals surface area contributed by atoms with Crippen molar-refractivity contribution in [1.82, 2.24) is 0 Å². The van der Waals surface area contributed by atoms with Crippen molar-refractivity contribution in [2.75, 3.05) is 13.2 Å². The topological polar surface area (TPSA) is 18.5 Å². The van der Waals surface area contributed by atoms with Crippen LogP contribution in [0, 0.1) is 27.2 Å². The molecule has 1 unspecified atom stereocenters. The number of hydrogen-bond acceptors (Lipinski definition) is 2. The zero-order valence-electron chi connectivity index (χ0n) is 8.39. The average molecular weight is 184 g/mol. The van der Waals surface area contributed by atoms with Gasteiger partial charge in [-0.3, -0.25) is 0 Å². The van der Waals surface area contributed by atoms with E-state index in [1.807, 2.05) is 6.92 Å². The van der Waals surface area contributed by atoms with E-state index in [1.165, 1.54) is 0 Å². The molecule has 0 aliphatic rings. The Morgan fingerprint density at radius 1 is 1.33 bits per heavy atom. The van der Waals surface area contributed by atoms with Crippen LogP contribution in [-0.4, -0.2) is 36.9 Å². The summed E-state index contributed by atoms with van der Waals surface area (Å²) >= 11 is 0. The van der Waals surface area contributed by atoms with Crippen LogP contribution in [0.5, 0.6) is 0 Å². The van der Waals surface area contributed by atoms with Crippen molar-refractivity contribution in [3.8, 4) is 5.92 Å². The molecule has 0 fully saturated rings. The Balaban J connectivity index is -0.000000107. The van der Waals surface area contributed by atoms with Gasteiger partial charge in [0.05, 0.1) is 6.61 Å². The maximum Gasteiger partial charge on any atom is 3.00 e. The second-order valence-corrected chi connectivity index (χ2v) is 1.51. The van der Waals surface area contributed by atoms with Gasteiger partial charge in [-0.15, -0.1) is 0 Å². The largest absolute Gasteiger partial charge is 3.00 e. The molecule has 0 bridgehead atoms. The van der Waals surface area contributed by atoms with E-state index in [2.05, 4.69) is 5.92 Å². The van der Waals surface area contributed by atoms with Crippen LogP contribution in [0.2, 0.25) is 0 Å². The van der Waals surface area contributed by atoms with E-state index < -0.39 is 0 Å². The van der Waals surface area contributed by atoms with Gasteiger partial charge in [-0.2, -0.15) is 0 Å². The zero-order chi connectivity index (χ0) is 7.11. The van der Waals surface area contributed by atoms with E-state index in [4.69, 9.17) is 15.9 Å². The monoisotopic (exact) mass is 184 g/mol. The molecule has 2 nitrogen and oxygen atoms in total. The second-order valence-electron chi connectivity index (χ2n) is 1.51. The summed E-state index contributed by atoms with van der Waals surface area (Å²) in [5.74, 6) is 2.10. The number of rotatable bonds is 4. The van der Waals surface area contributed by atoms with Crippen LogP contribution in [0.25, 0.3) is 0 Å². The Bertz CT molecular complexity index is 99.2. The molecule has 1 atom stereocenters. The quantitative estimate of drug-likeness (QED) is 0.285. The summed E-state index contributed by atoms with van der Waals surface area (Å²) in [6.07, 6.45) is 6.28. The van der Waals surface area contributed by atoms with Gasteiger partial charge in [0.25, 0.3) is 0 Å². The van der Waals surface area contributed by atoms with Gasteiger partial charge in [-0.1, -0.05) is 0 Å². The molecule has 0 N–H and O–H groups in total. The van der Waals surface area contributed by atoms with Gasteiger partial charge >= 0.3 is 17.4 Å². The summed E-state index contributed by atoms with van der Waals surface area (Å²) in [4.78, 5) is 0. The van der Waals surface area contributed by atoms with Crippen molar-refractivity contribution < 1.29 is 9.47 Å². The molecule has 12 heavy (non-hydrogen) atoms. The summed E-state index contributed by atoms with van der Waals surface area (Å²) in [6, 6.07) is 0. The maximum absolute atomic E-state index is 6.50. The van der Waals surface area contributed by atoms with Crippen LogP contribution in [0.3, 0.4) is 0 Å². The van der Waals surface area contributed by atoms with Crippen molar-refractivity contribution in [2.24, 2.45) is 0 Å². The second kappa shape index (κ2) is 17.2. The molecule has 68 valence electrons. The first-order valence-electron chi connectivity index (χ1n) is 2.94. The molecule has 0 saturated heterocycles. The van der Waals surface area contributed by atoms with E-state index in [0.717, 1.165) is 0 Å². The van der Waals surface area contributed by atoms with E-state index in [9.17, 15) is 0 Å². The van der Waals surface area contributed by atoms with Gasteiger partial charge in [0.1, 0.15) is 0 Å². The summed E-state index contributed by atoms with van der Waals surface area (Å²) in [5, 5.41) is 0. The smallest absolute Gasteiger partial charge is 0.691 e. The summed E-state index contributed by atoms with van der Waals surface area (Å²) in [5.41, 5.74) is 0. The standard InChI is InChI=1S/C7H11O2.2CH3.Al/c1-4-6-9-7(3)8-5-2;;;/h7H,5-6H2,2-3H3;2*1H3;/q3*-1;+3. The molecule has 0 aliphatic heterocycles. The molecule has 0 heterocycles. The Labute approximate surface area is 87.8 Å². The molecule has 3 heteroatoms. The van der Waals surface area contributed by atoms with E-state index in [0.29, 0.717) is 6.61 Å². The van der Waals surface area contributed by atoms with Gasteiger partial charge in [-0.05, 0) is 13.8 Å². The van der Waals surface area contributed by atoms with Crippen molar-refractivity contribution in [3.63, 3.8) is 0 Å². The van der Waals surface area contributed by atoms with E-state index >= 15 is 0 Å². The first-order valence-corrected chi connectivity index (χ1v) is 2.94. The van der Waals surface area contributed by atoms with Gasteiger partial charge in [0, 0.05) is 6.61 Å². The van der Waals surface area contributed by atoms with Crippen molar-refractivity contribution in [3.05, 3.63) is 21.3 Å². The SMILES string of the molecule is [Al+3].[C-]#CCOC(C)OCC.[CH3-].[CH3-]. The molecule has 0 rings (SSSR count). The van der Waals surface area contributed by atoms with Crippen LogP contribution in [0.4, 0.5) is 0 Å². The van der Waals surface area contributed by atoms with Crippen LogP contribution < -0.4 is 0 Å². The fourth-order valence-electron chi connectivity index (χ4n) is 0.442. The summed E-state index contributed by atoms with van der Waals surface area (Å²) in [7, 11) is 0. The van der Waals surface area contributed by atoms with Crippen molar-refractivity contribution in [1.29, 1.82) is 0 Å². The first kappa shape index (κ1) is 22.7. The van der Waals surface area contributed by atoms with Crippen LogP contribution in [0.15, 0.2) is 0 Å². The molecule has 0 aromatic rings. The Kier molecular flexibility index (Phi) is 32.5. The van der Waals surface area contributed by atoms with Gasteiger partial charge in [0.2, 0.25) is 0 Å². The third-order valence-electron chi connectivity index (χ3n) is 0.792. The van der Waals surface area contributed by atoms with Gasteiger partial charge in [-0.25, -0.2) is 0 Å². The Morgan fingerprint density at radius 3 is 2.17 bits per heavy atom. The predicted octanol–water partition coefficient (Wildman–Crippen LogP) is 1.50. The number of ether oxygens (including phenoxy) is 2. The molecule has 0 amide bonds. The molecular formula is C9H17AlO2. The minimum Gasteiger partial charge on any atom is -0.691 e. The fraction of sp³-hybridized carbons (Fsp3) is 0.556. The van der Waals surface area contributed by atoms with Crippen LogP contribution in [0.1, 0.15) is 13.8 Å². The maximum atomic E-state index is 6.50. The summed E-state index contributed by atoms with van der Waals surface area (Å²) in [6.45, 7) is 4.54. The zero-order valence-corrected chi connectivity index (χ0v) is 9.54.